The molecular formula is C20H26N2O4. The van der Waals surface area contributed by atoms with Crippen LogP contribution >= 0.6 is 0 Å². The van der Waals surface area contributed by atoms with Crippen LogP contribution in [0.5, 0.6) is 17.2 Å². The highest BCUT2D eigenvalue weighted by atomic mass is 16.5. The van der Waals surface area contributed by atoms with Gasteiger partial charge in [0, 0.05) is 25.2 Å². The van der Waals surface area contributed by atoms with Gasteiger partial charge in [0.25, 0.3) is 0 Å². The van der Waals surface area contributed by atoms with E-state index in [2.05, 4.69) is 17.6 Å². The van der Waals surface area contributed by atoms with Crippen LogP contribution in [0.3, 0.4) is 0 Å². The molecule has 2 aromatic carbocycles. The summed E-state index contributed by atoms with van der Waals surface area (Å²) >= 11 is 0. The third-order valence-corrected chi connectivity index (χ3v) is 4.04. The van der Waals surface area contributed by atoms with E-state index in [-0.39, 0.29) is 11.9 Å². The molecule has 1 unspecified atom stereocenters. The fraction of sp³-hybridized carbons (Fsp3) is 0.350. The lowest BCUT2D eigenvalue weighted by atomic mass is 10.1. The number of nitrogens with one attached hydrogen (secondary N) is 2. The van der Waals surface area contributed by atoms with E-state index in [1.165, 1.54) is 6.92 Å². The molecule has 0 aliphatic carbocycles. The Balaban J connectivity index is 2.12. The number of amides is 1. The van der Waals surface area contributed by atoms with Gasteiger partial charge in [-0.15, -0.1) is 0 Å². The van der Waals surface area contributed by atoms with Crippen LogP contribution in [0.25, 0.3) is 0 Å². The van der Waals surface area contributed by atoms with Gasteiger partial charge in [0.1, 0.15) is 0 Å². The molecule has 0 aromatic heterocycles. The van der Waals surface area contributed by atoms with Gasteiger partial charge in [-0.25, -0.2) is 0 Å². The summed E-state index contributed by atoms with van der Waals surface area (Å²) in [4.78, 5) is 11.2. The molecule has 6 nitrogen and oxygen atoms in total. The molecule has 140 valence electrons. The van der Waals surface area contributed by atoms with Crippen LogP contribution in [0.2, 0.25) is 0 Å². The molecule has 0 saturated heterocycles. The molecule has 1 atom stereocenters. The van der Waals surface area contributed by atoms with Crippen molar-refractivity contribution in [3.8, 4) is 17.2 Å². The van der Waals surface area contributed by atoms with Crippen molar-refractivity contribution in [3.05, 3.63) is 47.5 Å². The second kappa shape index (κ2) is 9.10. The van der Waals surface area contributed by atoms with Crippen LogP contribution in [-0.2, 0) is 11.3 Å². The number of rotatable bonds is 8. The summed E-state index contributed by atoms with van der Waals surface area (Å²) in [6.45, 7) is 4.20. The van der Waals surface area contributed by atoms with Crippen molar-refractivity contribution in [1.29, 1.82) is 0 Å². The highest BCUT2D eigenvalue weighted by Crippen LogP contribution is 2.38. The van der Waals surface area contributed by atoms with Crippen molar-refractivity contribution in [2.75, 3.05) is 26.6 Å². The van der Waals surface area contributed by atoms with E-state index in [4.69, 9.17) is 14.2 Å². The van der Waals surface area contributed by atoms with E-state index in [9.17, 15) is 4.79 Å². The number of methoxy groups -OCH3 is 3. The average Bonchev–Trinajstić information content (AvgIpc) is 2.64. The lowest BCUT2D eigenvalue weighted by molar-refractivity contribution is -0.114. The Hall–Kier alpha value is -2.73. The average molecular weight is 358 g/mol. The van der Waals surface area contributed by atoms with E-state index in [0.717, 1.165) is 16.8 Å². The zero-order valence-electron chi connectivity index (χ0n) is 15.9. The molecule has 0 heterocycles. The lowest BCUT2D eigenvalue weighted by Gasteiger charge is -2.18. The molecule has 26 heavy (non-hydrogen) atoms. The molecule has 0 radical (unpaired) electrons. The topological polar surface area (TPSA) is 68.8 Å². The highest BCUT2D eigenvalue weighted by Gasteiger charge is 2.14. The van der Waals surface area contributed by atoms with Crippen molar-refractivity contribution < 1.29 is 19.0 Å². The molecular weight excluding hydrogens is 332 g/mol. The number of benzene rings is 2. The summed E-state index contributed by atoms with van der Waals surface area (Å²) < 4.78 is 16.1. The van der Waals surface area contributed by atoms with Crippen molar-refractivity contribution in [3.63, 3.8) is 0 Å². The molecule has 0 aliphatic rings. The van der Waals surface area contributed by atoms with Crippen LogP contribution in [-0.4, -0.2) is 27.2 Å². The molecule has 1 amide bonds. The fourth-order valence-electron chi connectivity index (χ4n) is 2.72. The van der Waals surface area contributed by atoms with Crippen LogP contribution < -0.4 is 24.8 Å². The standard InChI is InChI=1S/C20H26N2O4/c1-13(16-7-6-8-17(11-16)22-14(2)23)21-12-15-9-18(24-3)20(26-5)19(10-15)25-4/h6-11,13,21H,12H2,1-5H3,(H,22,23). The maximum Gasteiger partial charge on any atom is 0.221 e. The minimum atomic E-state index is -0.0832. The summed E-state index contributed by atoms with van der Waals surface area (Å²) in [6, 6.07) is 11.7. The van der Waals surface area contributed by atoms with Gasteiger partial charge in [0.2, 0.25) is 11.7 Å². The molecule has 0 spiro atoms. The molecule has 2 rings (SSSR count). The summed E-state index contributed by atoms with van der Waals surface area (Å²) in [5.74, 6) is 1.75. The summed E-state index contributed by atoms with van der Waals surface area (Å²) in [6.07, 6.45) is 0. The second-order valence-electron chi connectivity index (χ2n) is 5.94. The smallest absolute Gasteiger partial charge is 0.221 e. The summed E-state index contributed by atoms with van der Waals surface area (Å²) in [5.41, 5.74) is 2.89. The Bertz CT molecular complexity index is 736. The van der Waals surface area contributed by atoms with Crippen molar-refractivity contribution in [2.45, 2.75) is 26.4 Å². The second-order valence-corrected chi connectivity index (χ2v) is 5.94. The predicted molar refractivity (Wildman–Crippen MR) is 102 cm³/mol. The first-order chi connectivity index (χ1) is 12.5. The van der Waals surface area contributed by atoms with E-state index < -0.39 is 0 Å². The third-order valence-electron chi connectivity index (χ3n) is 4.04. The van der Waals surface area contributed by atoms with Crippen LogP contribution in [0.1, 0.15) is 31.0 Å². The fourth-order valence-corrected chi connectivity index (χ4v) is 2.72. The van der Waals surface area contributed by atoms with E-state index >= 15 is 0 Å². The molecule has 2 aromatic rings. The van der Waals surface area contributed by atoms with Crippen LogP contribution in [0, 0.1) is 0 Å². The van der Waals surface area contributed by atoms with Crippen molar-refractivity contribution in [2.24, 2.45) is 0 Å². The Labute approximate surface area is 154 Å². The minimum absolute atomic E-state index is 0.0832. The molecule has 0 bridgehead atoms. The van der Waals surface area contributed by atoms with Gasteiger partial charge in [0.05, 0.1) is 21.3 Å². The molecule has 6 heteroatoms. The van der Waals surface area contributed by atoms with Crippen molar-refractivity contribution >= 4 is 11.6 Å². The van der Waals surface area contributed by atoms with Crippen molar-refractivity contribution in [1.82, 2.24) is 5.32 Å². The maximum absolute atomic E-state index is 11.2. The largest absolute Gasteiger partial charge is 0.493 e. The predicted octanol–water partition coefficient (Wildman–Crippen LogP) is 3.52. The molecule has 0 fully saturated rings. The Morgan fingerprint density at radius 2 is 1.69 bits per heavy atom. The van der Waals surface area contributed by atoms with Gasteiger partial charge >= 0.3 is 0 Å². The van der Waals surface area contributed by atoms with E-state index in [1.807, 2.05) is 36.4 Å². The van der Waals surface area contributed by atoms with E-state index in [0.29, 0.717) is 23.8 Å². The van der Waals surface area contributed by atoms with E-state index in [1.54, 1.807) is 21.3 Å². The van der Waals surface area contributed by atoms with Crippen LogP contribution in [0.15, 0.2) is 36.4 Å². The zero-order valence-corrected chi connectivity index (χ0v) is 15.9. The zero-order chi connectivity index (χ0) is 19.1. The van der Waals surface area contributed by atoms with Gasteiger partial charge in [-0.05, 0) is 42.3 Å². The number of anilines is 1. The minimum Gasteiger partial charge on any atom is -0.493 e. The quantitative estimate of drug-likeness (QED) is 0.756. The number of ether oxygens (including phenoxy) is 3. The summed E-state index contributed by atoms with van der Waals surface area (Å²) in [7, 11) is 4.79. The lowest BCUT2D eigenvalue weighted by Crippen LogP contribution is -2.18. The number of hydrogen-bond donors (Lipinski definition) is 2. The Morgan fingerprint density at radius 3 is 2.23 bits per heavy atom. The Morgan fingerprint density at radius 1 is 1.04 bits per heavy atom. The normalized spacial score (nSPS) is 11.6. The third kappa shape index (κ3) is 4.89. The number of carbonyl (C=O) groups excluding carboxylic acids is 1. The monoisotopic (exact) mass is 358 g/mol. The maximum atomic E-state index is 11.2. The Kier molecular flexibility index (Phi) is 6.86. The SMILES string of the molecule is COc1cc(CNC(C)c2cccc(NC(C)=O)c2)cc(OC)c1OC. The first kappa shape index (κ1) is 19.6. The van der Waals surface area contributed by atoms with Crippen LogP contribution in [0.4, 0.5) is 5.69 Å². The molecule has 2 N–H and O–H groups in total. The number of carbonyl (C=O) groups is 1. The number of hydrogen-bond acceptors (Lipinski definition) is 5. The first-order valence-corrected chi connectivity index (χ1v) is 8.38. The summed E-state index contributed by atoms with van der Waals surface area (Å²) in [5, 5.41) is 6.27. The molecule has 0 saturated carbocycles. The van der Waals surface area contributed by atoms with Gasteiger partial charge in [0.15, 0.2) is 11.5 Å². The van der Waals surface area contributed by atoms with Gasteiger partial charge in [-0.3, -0.25) is 4.79 Å². The van der Waals surface area contributed by atoms with Gasteiger partial charge in [-0.1, -0.05) is 12.1 Å². The van der Waals surface area contributed by atoms with Gasteiger partial charge < -0.3 is 24.8 Å². The molecule has 0 aliphatic heterocycles. The highest BCUT2D eigenvalue weighted by molar-refractivity contribution is 5.88. The first-order valence-electron chi connectivity index (χ1n) is 8.38. The van der Waals surface area contributed by atoms with Gasteiger partial charge in [-0.2, -0.15) is 0 Å².